The van der Waals surface area contributed by atoms with Crippen LogP contribution in [0.5, 0.6) is 11.5 Å². The van der Waals surface area contributed by atoms with Gasteiger partial charge in [0.15, 0.2) is 0 Å². The van der Waals surface area contributed by atoms with E-state index in [4.69, 9.17) is 14.6 Å². The topological polar surface area (TPSA) is 65.4 Å². The molecule has 2 aromatic carbocycles. The van der Waals surface area contributed by atoms with Crippen LogP contribution in [0.4, 0.5) is 5.82 Å². The number of amides is 1. The number of para-hydroxylation sites is 1. The number of thioether (sulfide) groups is 1. The second kappa shape index (κ2) is 8.07. The maximum Gasteiger partial charge on any atom is 0.238 e. The van der Waals surface area contributed by atoms with Crippen molar-refractivity contribution in [2.75, 3.05) is 19.5 Å². The molecule has 1 aliphatic rings. The van der Waals surface area contributed by atoms with Gasteiger partial charge in [-0.25, -0.2) is 4.68 Å². The first-order valence-corrected chi connectivity index (χ1v) is 10.7. The molecule has 30 heavy (non-hydrogen) atoms. The van der Waals surface area contributed by atoms with Crippen LogP contribution in [-0.2, 0) is 4.79 Å². The third-order valence-corrected chi connectivity index (χ3v) is 6.77. The molecule has 0 unspecified atom stereocenters. The van der Waals surface area contributed by atoms with Crippen molar-refractivity contribution < 1.29 is 14.3 Å². The molecule has 1 N–H and O–H groups in total. The number of methoxy groups -OCH3 is 2. The molecule has 0 aliphatic carbocycles. The van der Waals surface area contributed by atoms with E-state index in [-0.39, 0.29) is 16.4 Å². The maximum absolute atomic E-state index is 12.9. The van der Waals surface area contributed by atoms with Crippen molar-refractivity contribution in [3.05, 3.63) is 64.8 Å². The van der Waals surface area contributed by atoms with E-state index in [1.165, 1.54) is 0 Å². The number of anilines is 1. The largest absolute Gasteiger partial charge is 0.497 e. The average Bonchev–Trinajstić information content (AvgIpc) is 2.99. The highest BCUT2D eigenvalue weighted by molar-refractivity contribution is 8.01. The summed E-state index contributed by atoms with van der Waals surface area (Å²) >= 11 is 1.59. The lowest BCUT2D eigenvalue weighted by Crippen LogP contribution is -2.22. The van der Waals surface area contributed by atoms with Gasteiger partial charge in [-0.15, -0.1) is 11.8 Å². The molecule has 2 atom stereocenters. The molecule has 1 amide bonds. The lowest BCUT2D eigenvalue weighted by molar-refractivity contribution is -0.115. The molecule has 1 aromatic heterocycles. The van der Waals surface area contributed by atoms with Crippen molar-refractivity contribution in [2.24, 2.45) is 0 Å². The maximum atomic E-state index is 12.9. The molecule has 6 nitrogen and oxygen atoms in total. The number of nitrogens with one attached hydrogen (secondary N) is 1. The molecule has 0 bridgehead atoms. The molecule has 1 aliphatic heterocycles. The predicted octanol–water partition coefficient (Wildman–Crippen LogP) is 4.67. The summed E-state index contributed by atoms with van der Waals surface area (Å²) in [7, 11) is 3.28. The van der Waals surface area contributed by atoms with E-state index >= 15 is 0 Å². The number of ether oxygens (including phenoxy) is 2. The van der Waals surface area contributed by atoms with Gasteiger partial charge in [-0.1, -0.05) is 24.3 Å². The monoisotopic (exact) mass is 423 g/mol. The minimum Gasteiger partial charge on any atom is -0.497 e. The second-order valence-electron chi connectivity index (χ2n) is 7.30. The number of carbonyl (C=O) groups excluding carboxylic acids is 1. The first kappa shape index (κ1) is 20.3. The number of rotatable bonds is 4. The molecular formula is C23H25N3O3S. The number of nitrogens with zero attached hydrogens (tertiary/aromatic N) is 2. The Hall–Kier alpha value is -2.93. The number of carbonyl (C=O) groups is 1. The van der Waals surface area contributed by atoms with Gasteiger partial charge in [0.2, 0.25) is 5.91 Å². The standard InChI is InChI=1S/C23H25N3O3S/c1-13-8-6-7-9-18(13)26-22-20(14(2)25-26)21(30-15(3)23(27)24-22)17-11-10-16(28-4)12-19(17)29-5/h6-12,15,21H,1-5H3,(H,24,27)/t15-,21+/m0/s1. The first-order valence-electron chi connectivity index (χ1n) is 9.78. The van der Waals surface area contributed by atoms with Gasteiger partial charge >= 0.3 is 0 Å². The summed E-state index contributed by atoms with van der Waals surface area (Å²) in [5.41, 5.74) is 4.88. The van der Waals surface area contributed by atoms with Crippen LogP contribution in [0, 0.1) is 13.8 Å². The Morgan fingerprint density at radius 1 is 1.10 bits per heavy atom. The normalized spacial score (nSPS) is 18.4. The van der Waals surface area contributed by atoms with E-state index in [2.05, 4.69) is 5.32 Å². The number of aryl methyl sites for hydroxylation is 2. The zero-order chi connectivity index (χ0) is 21.4. The van der Waals surface area contributed by atoms with Crippen molar-refractivity contribution in [2.45, 2.75) is 31.3 Å². The third kappa shape index (κ3) is 3.43. The summed E-state index contributed by atoms with van der Waals surface area (Å²) in [6, 6.07) is 13.8. The minimum absolute atomic E-state index is 0.0361. The van der Waals surface area contributed by atoms with Crippen molar-refractivity contribution in [1.29, 1.82) is 0 Å². The lowest BCUT2D eigenvalue weighted by Gasteiger charge is -2.20. The zero-order valence-electron chi connectivity index (χ0n) is 17.7. The van der Waals surface area contributed by atoms with E-state index in [9.17, 15) is 4.79 Å². The fourth-order valence-corrected chi connectivity index (χ4v) is 5.12. The molecule has 0 saturated heterocycles. The van der Waals surface area contributed by atoms with Gasteiger partial charge in [0.1, 0.15) is 17.3 Å². The van der Waals surface area contributed by atoms with Gasteiger partial charge < -0.3 is 14.8 Å². The smallest absolute Gasteiger partial charge is 0.238 e. The van der Waals surface area contributed by atoms with Crippen LogP contribution in [0.3, 0.4) is 0 Å². The molecule has 156 valence electrons. The van der Waals surface area contributed by atoms with E-state index in [0.29, 0.717) is 5.82 Å². The highest BCUT2D eigenvalue weighted by Crippen LogP contribution is 2.49. The number of benzene rings is 2. The van der Waals surface area contributed by atoms with Crippen LogP contribution >= 0.6 is 11.8 Å². The molecule has 0 saturated carbocycles. The van der Waals surface area contributed by atoms with Crippen molar-refractivity contribution in [3.8, 4) is 17.2 Å². The summed E-state index contributed by atoms with van der Waals surface area (Å²) in [5, 5.41) is 7.58. The molecule has 0 fully saturated rings. The van der Waals surface area contributed by atoms with E-state index in [1.54, 1.807) is 26.0 Å². The van der Waals surface area contributed by atoms with Gasteiger partial charge in [0.25, 0.3) is 0 Å². The molecule has 7 heteroatoms. The third-order valence-electron chi connectivity index (χ3n) is 5.39. The first-order chi connectivity index (χ1) is 14.4. The Labute approximate surface area is 180 Å². The second-order valence-corrected chi connectivity index (χ2v) is 8.75. The fourth-order valence-electron chi connectivity index (χ4n) is 3.77. The number of hydrogen-bond acceptors (Lipinski definition) is 5. The molecule has 3 aromatic rings. The minimum atomic E-state index is -0.237. The highest BCUT2D eigenvalue weighted by Gasteiger charge is 2.35. The van der Waals surface area contributed by atoms with E-state index < -0.39 is 0 Å². The highest BCUT2D eigenvalue weighted by atomic mass is 32.2. The number of fused-ring (bicyclic) bond motifs is 1. The zero-order valence-corrected chi connectivity index (χ0v) is 18.5. The van der Waals surface area contributed by atoms with Gasteiger partial charge in [-0.2, -0.15) is 5.10 Å². The van der Waals surface area contributed by atoms with Crippen LogP contribution in [0.25, 0.3) is 5.69 Å². The van der Waals surface area contributed by atoms with Crippen molar-refractivity contribution in [3.63, 3.8) is 0 Å². The fraction of sp³-hybridized carbons (Fsp3) is 0.304. The van der Waals surface area contributed by atoms with Gasteiger partial charge in [-0.3, -0.25) is 4.79 Å². The Bertz CT molecular complexity index is 1110. The summed E-state index contributed by atoms with van der Waals surface area (Å²) in [5.74, 6) is 2.13. The molecule has 2 heterocycles. The number of hydrogen-bond donors (Lipinski definition) is 1. The summed E-state index contributed by atoms with van der Waals surface area (Å²) in [6.07, 6.45) is 0. The Balaban J connectivity index is 1.94. The van der Waals surface area contributed by atoms with Gasteiger partial charge in [0.05, 0.1) is 36.1 Å². The quantitative estimate of drug-likeness (QED) is 0.661. The Morgan fingerprint density at radius 2 is 1.87 bits per heavy atom. The molecule has 0 spiro atoms. The average molecular weight is 424 g/mol. The summed E-state index contributed by atoms with van der Waals surface area (Å²) in [4.78, 5) is 12.9. The van der Waals surface area contributed by atoms with Crippen LogP contribution in [0.2, 0.25) is 0 Å². The van der Waals surface area contributed by atoms with Crippen LogP contribution in [-0.4, -0.2) is 35.2 Å². The van der Waals surface area contributed by atoms with Crippen molar-refractivity contribution in [1.82, 2.24) is 9.78 Å². The van der Waals surface area contributed by atoms with Crippen LogP contribution < -0.4 is 14.8 Å². The number of aromatic nitrogens is 2. The summed E-state index contributed by atoms with van der Waals surface area (Å²) < 4.78 is 12.9. The van der Waals surface area contributed by atoms with Crippen LogP contribution in [0.15, 0.2) is 42.5 Å². The molecule has 4 rings (SSSR count). The Morgan fingerprint density at radius 3 is 2.57 bits per heavy atom. The van der Waals surface area contributed by atoms with Crippen LogP contribution in [0.1, 0.15) is 34.6 Å². The van der Waals surface area contributed by atoms with E-state index in [1.807, 2.05) is 67.9 Å². The molecular weight excluding hydrogens is 398 g/mol. The lowest BCUT2D eigenvalue weighted by atomic mass is 10.0. The predicted molar refractivity (Wildman–Crippen MR) is 120 cm³/mol. The van der Waals surface area contributed by atoms with Gasteiger partial charge in [0, 0.05) is 17.2 Å². The SMILES string of the molecule is COc1ccc([C@H]2S[C@@H](C)C(=O)Nc3c2c(C)nn3-c2ccccc2C)c(OC)c1. The van der Waals surface area contributed by atoms with Crippen molar-refractivity contribution >= 4 is 23.5 Å². The van der Waals surface area contributed by atoms with Gasteiger partial charge in [-0.05, 0) is 38.5 Å². The Kier molecular flexibility index (Phi) is 5.47. The summed E-state index contributed by atoms with van der Waals surface area (Å²) in [6.45, 7) is 5.95. The molecule has 0 radical (unpaired) electrons. The van der Waals surface area contributed by atoms with E-state index in [0.717, 1.165) is 39.6 Å².